The number of nitro groups is 1. The monoisotopic (exact) mass is 407 g/mol. The van der Waals surface area contributed by atoms with Gasteiger partial charge < -0.3 is 5.32 Å². The number of rotatable bonds is 5. The molecule has 0 saturated carbocycles. The molecule has 0 radical (unpaired) electrons. The number of nitrogens with zero attached hydrogens (tertiary/aromatic N) is 2. The Kier molecular flexibility index (Phi) is 9.63. The fourth-order valence-corrected chi connectivity index (χ4v) is 2.79. The molecular weight excluding hydrogens is 389 g/mol. The van der Waals surface area contributed by atoms with Gasteiger partial charge in [-0.3, -0.25) is 15.0 Å². The second-order valence-electron chi connectivity index (χ2n) is 5.42. The SMILES string of the molecule is Cl.Cl.O=[N+]([O-])c1ccc(F)cc1[C@@H](CCC(F)(F)F)N1CCNCC1. The number of nitro benzene ring substituents is 1. The molecule has 0 bridgehead atoms. The molecule has 0 spiro atoms. The van der Waals surface area contributed by atoms with E-state index in [0.717, 1.165) is 18.2 Å². The van der Waals surface area contributed by atoms with E-state index in [9.17, 15) is 27.7 Å². The summed E-state index contributed by atoms with van der Waals surface area (Å²) in [5.74, 6) is -0.697. The molecule has 1 aromatic rings. The first-order chi connectivity index (χ1) is 10.8. The summed E-state index contributed by atoms with van der Waals surface area (Å²) >= 11 is 0. The molecule has 11 heteroatoms. The van der Waals surface area contributed by atoms with Crippen molar-refractivity contribution in [3.8, 4) is 0 Å². The third-order valence-electron chi connectivity index (χ3n) is 3.84. The van der Waals surface area contributed by atoms with Crippen LogP contribution < -0.4 is 5.32 Å². The first-order valence-corrected chi connectivity index (χ1v) is 7.23. The van der Waals surface area contributed by atoms with Crippen LogP contribution in [0.15, 0.2) is 18.2 Å². The van der Waals surface area contributed by atoms with Crippen molar-refractivity contribution < 1.29 is 22.5 Å². The summed E-state index contributed by atoms with van der Waals surface area (Å²) in [6.07, 6.45) is -5.78. The summed E-state index contributed by atoms with van der Waals surface area (Å²) in [5.41, 5.74) is -0.349. The molecule has 0 unspecified atom stereocenters. The van der Waals surface area contributed by atoms with Crippen LogP contribution in [0.5, 0.6) is 0 Å². The minimum Gasteiger partial charge on any atom is -0.314 e. The zero-order chi connectivity index (χ0) is 17.0. The Balaban J connectivity index is 0.00000288. The van der Waals surface area contributed by atoms with Gasteiger partial charge in [-0.25, -0.2) is 4.39 Å². The largest absolute Gasteiger partial charge is 0.389 e. The third kappa shape index (κ3) is 6.93. The molecule has 25 heavy (non-hydrogen) atoms. The van der Waals surface area contributed by atoms with Gasteiger partial charge in [-0.1, -0.05) is 0 Å². The van der Waals surface area contributed by atoms with Crippen LogP contribution in [-0.2, 0) is 0 Å². The molecule has 1 aromatic carbocycles. The van der Waals surface area contributed by atoms with Crippen molar-refractivity contribution in [1.82, 2.24) is 10.2 Å². The van der Waals surface area contributed by atoms with Crippen LogP contribution in [0.4, 0.5) is 23.2 Å². The molecule has 2 rings (SSSR count). The second kappa shape index (κ2) is 10.1. The van der Waals surface area contributed by atoms with Crippen LogP contribution in [0.1, 0.15) is 24.4 Å². The van der Waals surface area contributed by atoms with E-state index in [4.69, 9.17) is 0 Å². The second-order valence-corrected chi connectivity index (χ2v) is 5.42. The number of benzene rings is 1. The molecule has 1 fully saturated rings. The average molecular weight is 408 g/mol. The molecule has 144 valence electrons. The first kappa shape index (κ1) is 23.8. The molecule has 1 saturated heterocycles. The first-order valence-electron chi connectivity index (χ1n) is 7.23. The summed E-state index contributed by atoms with van der Waals surface area (Å²) in [4.78, 5) is 12.2. The highest BCUT2D eigenvalue weighted by Crippen LogP contribution is 2.36. The van der Waals surface area contributed by atoms with Crippen molar-refractivity contribution in [2.45, 2.75) is 25.1 Å². The van der Waals surface area contributed by atoms with Gasteiger partial charge in [0.1, 0.15) is 5.82 Å². The predicted octanol–water partition coefficient (Wildman–Crippen LogP) is 3.87. The zero-order valence-electron chi connectivity index (χ0n) is 13.1. The smallest absolute Gasteiger partial charge is 0.314 e. The molecule has 1 aliphatic heterocycles. The number of hydrogen-bond donors (Lipinski definition) is 1. The number of halogens is 6. The van der Waals surface area contributed by atoms with Crippen LogP contribution in [0.2, 0.25) is 0 Å². The van der Waals surface area contributed by atoms with E-state index < -0.39 is 29.4 Å². The van der Waals surface area contributed by atoms with Crippen LogP contribution in [-0.4, -0.2) is 42.2 Å². The zero-order valence-corrected chi connectivity index (χ0v) is 14.7. The summed E-state index contributed by atoms with van der Waals surface area (Å²) < 4.78 is 51.3. The van der Waals surface area contributed by atoms with Crippen molar-refractivity contribution in [3.63, 3.8) is 0 Å². The Morgan fingerprint density at radius 2 is 1.84 bits per heavy atom. The molecule has 1 aliphatic rings. The minimum absolute atomic E-state index is 0. The van der Waals surface area contributed by atoms with Gasteiger partial charge >= 0.3 is 6.18 Å². The van der Waals surface area contributed by atoms with Crippen molar-refractivity contribution in [3.05, 3.63) is 39.7 Å². The average Bonchev–Trinajstić information content (AvgIpc) is 2.47. The van der Waals surface area contributed by atoms with Gasteiger partial charge in [0.15, 0.2) is 0 Å². The normalized spacial score (nSPS) is 16.5. The highest BCUT2D eigenvalue weighted by Gasteiger charge is 2.34. The Bertz CT molecular complexity index is 569. The third-order valence-corrected chi connectivity index (χ3v) is 3.84. The summed E-state index contributed by atoms with van der Waals surface area (Å²) in [7, 11) is 0. The molecule has 0 amide bonds. The number of alkyl halides is 3. The van der Waals surface area contributed by atoms with E-state index >= 15 is 0 Å². The van der Waals surface area contributed by atoms with E-state index in [1.807, 2.05) is 0 Å². The predicted molar refractivity (Wildman–Crippen MR) is 90.0 cm³/mol. The van der Waals surface area contributed by atoms with E-state index in [0.29, 0.717) is 26.2 Å². The van der Waals surface area contributed by atoms with Gasteiger partial charge in [0.25, 0.3) is 5.69 Å². The van der Waals surface area contributed by atoms with E-state index in [1.54, 1.807) is 4.90 Å². The van der Waals surface area contributed by atoms with Crippen molar-refractivity contribution >= 4 is 30.5 Å². The van der Waals surface area contributed by atoms with Gasteiger partial charge in [-0.15, -0.1) is 24.8 Å². The topological polar surface area (TPSA) is 58.4 Å². The number of piperazine rings is 1. The number of hydrogen-bond acceptors (Lipinski definition) is 4. The Hall–Kier alpha value is -1.16. The summed E-state index contributed by atoms with van der Waals surface area (Å²) in [6.45, 7) is 2.06. The molecular formula is C14H19Cl2F4N3O2. The van der Waals surface area contributed by atoms with Crippen LogP contribution in [0.25, 0.3) is 0 Å². The molecule has 1 N–H and O–H groups in total. The van der Waals surface area contributed by atoms with Crippen LogP contribution in [0.3, 0.4) is 0 Å². The van der Waals surface area contributed by atoms with E-state index in [2.05, 4.69) is 5.32 Å². The maximum absolute atomic E-state index is 13.5. The highest BCUT2D eigenvalue weighted by molar-refractivity contribution is 5.85. The lowest BCUT2D eigenvalue weighted by Gasteiger charge is -2.35. The van der Waals surface area contributed by atoms with E-state index in [-0.39, 0.29) is 42.5 Å². The summed E-state index contributed by atoms with van der Waals surface area (Å²) in [5, 5.41) is 14.2. The molecule has 1 atom stereocenters. The van der Waals surface area contributed by atoms with Gasteiger partial charge in [0, 0.05) is 50.3 Å². The van der Waals surface area contributed by atoms with Gasteiger partial charge in [-0.05, 0) is 18.6 Å². The minimum atomic E-state index is -4.37. The fourth-order valence-electron chi connectivity index (χ4n) is 2.79. The van der Waals surface area contributed by atoms with Crippen molar-refractivity contribution in [2.24, 2.45) is 0 Å². The van der Waals surface area contributed by atoms with E-state index in [1.165, 1.54) is 0 Å². The van der Waals surface area contributed by atoms with Gasteiger partial charge in [-0.2, -0.15) is 13.2 Å². The Labute approximate surface area is 154 Å². The van der Waals surface area contributed by atoms with Crippen LogP contribution in [0, 0.1) is 15.9 Å². The lowest BCUT2D eigenvalue weighted by molar-refractivity contribution is -0.386. The lowest BCUT2D eigenvalue weighted by Crippen LogP contribution is -2.45. The van der Waals surface area contributed by atoms with Gasteiger partial charge in [0.2, 0.25) is 0 Å². The van der Waals surface area contributed by atoms with Gasteiger partial charge in [0.05, 0.1) is 4.92 Å². The molecule has 1 heterocycles. The number of nitrogens with one attached hydrogen (secondary N) is 1. The molecule has 0 aliphatic carbocycles. The quantitative estimate of drug-likeness (QED) is 0.457. The Morgan fingerprint density at radius 3 is 2.36 bits per heavy atom. The van der Waals surface area contributed by atoms with Crippen molar-refractivity contribution in [2.75, 3.05) is 26.2 Å². The maximum Gasteiger partial charge on any atom is 0.389 e. The molecule has 5 nitrogen and oxygen atoms in total. The van der Waals surface area contributed by atoms with Crippen LogP contribution >= 0.6 is 24.8 Å². The maximum atomic E-state index is 13.5. The van der Waals surface area contributed by atoms with Crippen molar-refractivity contribution in [1.29, 1.82) is 0 Å². The lowest BCUT2D eigenvalue weighted by atomic mass is 9.97. The Morgan fingerprint density at radius 1 is 1.24 bits per heavy atom. The fraction of sp³-hybridized carbons (Fsp3) is 0.571. The summed E-state index contributed by atoms with van der Waals surface area (Å²) in [6, 6.07) is 2.09. The highest BCUT2D eigenvalue weighted by atomic mass is 35.5. The standard InChI is InChI=1S/C14H17F4N3O2.2ClH/c15-10-1-2-13(21(22)23)11(9-10)12(3-4-14(16,17)18)20-7-5-19-6-8-20;;/h1-2,9,12,19H,3-8H2;2*1H/t12-;;/m1../s1. The molecule has 0 aromatic heterocycles.